The van der Waals surface area contributed by atoms with E-state index in [1.165, 1.54) is 45.5 Å². The first kappa shape index (κ1) is 27.4. The van der Waals surface area contributed by atoms with Crippen LogP contribution in [0, 0.1) is 0 Å². The molecule has 0 fully saturated rings. The second kappa shape index (κ2) is 11.1. The number of benzene rings is 2. The molecule has 0 radical (unpaired) electrons. The standard InChI is InChI=1S/C22H31N3O7S2/c1-16(2)32-20-12-7-17(13-21(20)31-5)14-23-22(26)15-25(33(6,27)28)18-8-10-19(11-9-18)34(29,30)24(3)4/h7-13,16H,14-15H2,1-6H3,(H,23,26). The zero-order valence-electron chi connectivity index (χ0n) is 20.1. The van der Waals surface area contributed by atoms with Gasteiger partial charge in [-0.05, 0) is 55.8 Å². The Bertz CT molecular complexity index is 1210. The third kappa shape index (κ3) is 7.08. The highest BCUT2D eigenvalue weighted by Gasteiger charge is 2.23. The molecule has 34 heavy (non-hydrogen) atoms. The van der Waals surface area contributed by atoms with Crippen molar-refractivity contribution >= 4 is 31.6 Å². The second-order valence-electron chi connectivity index (χ2n) is 7.98. The van der Waals surface area contributed by atoms with Crippen LogP contribution in [0.25, 0.3) is 0 Å². The number of nitrogens with zero attached hydrogens (tertiary/aromatic N) is 2. The Labute approximate surface area is 201 Å². The normalized spacial score (nSPS) is 12.0. The van der Waals surface area contributed by atoms with Gasteiger partial charge in [-0.2, -0.15) is 0 Å². The van der Waals surface area contributed by atoms with Crippen LogP contribution >= 0.6 is 0 Å². The van der Waals surface area contributed by atoms with Gasteiger partial charge in [0.15, 0.2) is 11.5 Å². The fourth-order valence-corrected chi connectivity index (χ4v) is 4.71. The number of carbonyl (C=O) groups is 1. The molecule has 0 saturated carbocycles. The van der Waals surface area contributed by atoms with Gasteiger partial charge in [0.1, 0.15) is 6.54 Å². The van der Waals surface area contributed by atoms with E-state index < -0.39 is 32.5 Å². The quantitative estimate of drug-likeness (QED) is 0.486. The van der Waals surface area contributed by atoms with Crippen LogP contribution in [0.2, 0.25) is 0 Å². The number of sulfonamides is 2. The van der Waals surface area contributed by atoms with Gasteiger partial charge in [-0.3, -0.25) is 9.10 Å². The molecule has 188 valence electrons. The smallest absolute Gasteiger partial charge is 0.242 e. The summed E-state index contributed by atoms with van der Waals surface area (Å²) in [6.45, 7) is 3.48. The second-order valence-corrected chi connectivity index (χ2v) is 12.0. The zero-order valence-corrected chi connectivity index (χ0v) is 21.7. The molecule has 0 aliphatic carbocycles. The van der Waals surface area contributed by atoms with Gasteiger partial charge in [0.2, 0.25) is 26.0 Å². The minimum Gasteiger partial charge on any atom is -0.493 e. The zero-order chi connectivity index (χ0) is 25.7. The van der Waals surface area contributed by atoms with Crippen LogP contribution in [0.3, 0.4) is 0 Å². The van der Waals surface area contributed by atoms with Crippen LogP contribution in [0.15, 0.2) is 47.4 Å². The number of rotatable bonds is 11. The molecule has 2 rings (SSSR count). The third-order valence-corrected chi connectivity index (χ3v) is 7.64. The van der Waals surface area contributed by atoms with Crippen molar-refractivity contribution < 1.29 is 31.1 Å². The number of ether oxygens (including phenoxy) is 2. The Hall–Kier alpha value is -2.83. The van der Waals surface area contributed by atoms with Crippen molar-refractivity contribution in [3.8, 4) is 11.5 Å². The monoisotopic (exact) mass is 513 g/mol. The molecule has 1 N–H and O–H groups in total. The Morgan fingerprint density at radius 3 is 2.12 bits per heavy atom. The lowest BCUT2D eigenvalue weighted by molar-refractivity contribution is -0.119. The molecular weight excluding hydrogens is 482 g/mol. The maximum Gasteiger partial charge on any atom is 0.242 e. The molecule has 0 aliphatic rings. The van der Waals surface area contributed by atoms with Gasteiger partial charge in [-0.25, -0.2) is 21.1 Å². The van der Waals surface area contributed by atoms with Gasteiger partial charge in [-0.15, -0.1) is 0 Å². The van der Waals surface area contributed by atoms with E-state index in [-0.39, 0.29) is 23.2 Å². The van der Waals surface area contributed by atoms with Crippen molar-refractivity contribution in [1.29, 1.82) is 0 Å². The van der Waals surface area contributed by atoms with E-state index in [1.54, 1.807) is 18.2 Å². The van der Waals surface area contributed by atoms with Gasteiger partial charge in [0.25, 0.3) is 0 Å². The number of anilines is 1. The van der Waals surface area contributed by atoms with E-state index in [4.69, 9.17) is 9.47 Å². The molecule has 0 saturated heterocycles. The number of carbonyl (C=O) groups excluding carboxylic acids is 1. The van der Waals surface area contributed by atoms with Crippen LogP contribution in [-0.4, -0.2) is 67.2 Å². The molecular formula is C22H31N3O7S2. The molecule has 0 heterocycles. The van der Waals surface area contributed by atoms with Crippen LogP contribution < -0.4 is 19.1 Å². The predicted octanol–water partition coefficient (Wildman–Crippen LogP) is 1.82. The summed E-state index contributed by atoms with van der Waals surface area (Å²) in [6.07, 6.45) is 0.946. The summed E-state index contributed by atoms with van der Waals surface area (Å²) in [7, 11) is -3.16. The first-order valence-electron chi connectivity index (χ1n) is 10.4. The van der Waals surface area contributed by atoms with Crippen molar-refractivity contribution in [2.75, 3.05) is 38.3 Å². The van der Waals surface area contributed by atoms with E-state index in [9.17, 15) is 21.6 Å². The maximum atomic E-state index is 12.6. The van der Waals surface area contributed by atoms with Gasteiger partial charge in [0, 0.05) is 20.6 Å². The van der Waals surface area contributed by atoms with Gasteiger partial charge < -0.3 is 14.8 Å². The van der Waals surface area contributed by atoms with Crippen molar-refractivity contribution in [3.05, 3.63) is 48.0 Å². The first-order valence-corrected chi connectivity index (χ1v) is 13.6. The average molecular weight is 514 g/mol. The maximum absolute atomic E-state index is 12.6. The van der Waals surface area contributed by atoms with E-state index in [2.05, 4.69) is 5.32 Å². The summed E-state index contributed by atoms with van der Waals surface area (Å²) < 4.78 is 62.1. The van der Waals surface area contributed by atoms with E-state index in [0.29, 0.717) is 11.5 Å². The molecule has 1 amide bonds. The number of hydrogen-bond acceptors (Lipinski definition) is 7. The van der Waals surface area contributed by atoms with Crippen molar-refractivity contribution in [2.45, 2.75) is 31.4 Å². The summed E-state index contributed by atoms with van der Waals surface area (Å²) in [5.74, 6) is 0.568. The van der Waals surface area contributed by atoms with Crippen LogP contribution in [-0.2, 0) is 31.4 Å². The molecule has 0 aromatic heterocycles. The Morgan fingerprint density at radius 2 is 1.62 bits per heavy atom. The van der Waals surface area contributed by atoms with Crippen LogP contribution in [0.1, 0.15) is 19.4 Å². The fourth-order valence-electron chi connectivity index (χ4n) is 2.96. The molecule has 0 aliphatic heterocycles. The van der Waals surface area contributed by atoms with Crippen molar-refractivity contribution in [3.63, 3.8) is 0 Å². The lowest BCUT2D eigenvalue weighted by Crippen LogP contribution is -2.40. The van der Waals surface area contributed by atoms with E-state index >= 15 is 0 Å². The molecule has 12 heteroatoms. The molecule has 10 nitrogen and oxygen atoms in total. The Morgan fingerprint density at radius 1 is 1.00 bits per heavy atom. The third-order valence-electron chi connectivity index (χ3n) is 4.67. The minimum atomic E-state index is -3.81. The highest BCUT2D eigenvalue weighted by molar-refractivity contribution is 7.92. The fraction of sp³-hybridized carbons (Fsp3) is 0.409. The summed E-state index contributed by atoms with van der Waals surface area (Å²) in [4.78, 5) is 12.6. The molecule has 0 atom stereocenters. The number of hydrogen-bond donors (Lipinski definition) is 1. The first-order chi connectivity index (χ1) is 15.8. The molecule has 0 spiro atoms. The highest BCUT2D eigenvalue weighted by Crippen LogP contribution is 2.29. The molecule has 0 unspecified atom stereocenters. The largest absolute Gasteiger partial charge is 0.493 e. The molecule has 2 aromatic rings. The van der Waals surface area contributed by atoms with Gasteiger partial charge in [-0.1, -0.05) is 6.07 Å². The molecule has 0 bridgehead atoms. The summed E-state index contributed by atoms with van der Waals surface area (Å²) in [6, 6.07) is 10.6. The van der Waals surface area contributed by atoms with Gasteiger partial charge in [0.05, 0.1) is 30.1 Å². The minimum absolute atomic E-state index is 0.0120. The topological polar surface area (TPSA) is 122 Å². The Kier molecular flexibility index (Phi) is 8.92. The lowest BCUT2D eigenvalue weighted by atomic mass is 10.2. The lowest BCUT2D eigenvalue weighted by Gasteiger charge is -2.22. The number of amides is 1. The number of nitrogens with one attached hydrogen (secondary N) is 1. The van der Waals surface area contributed by atoms with Crippen molar-refractivity contribution in [1.82, 2.24) is 9.62 Å². The predicted molar refractivity (Wildman–Crippen MR) is 130 cm³/mol. The summed E-state index contributed by atoms with van der Waals surface area (Å²) in [5, 5.41) is 2.69. The van der Waals surface area contributed by atoms with Crippen LogP contribution in [0.5, 0.6) is 11.5 Å². The summed E-state index contributed by atoms with van der Waals surface area (Å²) >= 11 is 0. The SMILES string of the molecule is COc1cc(CNC(=O)CN(c2ccc(S(=O)(=O)N(C)C)cc2)S(C)(=O)=O)ccc1OC(C)C. The van der Waals surface area contributed by atoms with Crippen molar-refractivity contribution in [2.24, 2.45) is 0 Å². The highest BCUT2D eigenvalue weighted by atomic mass is 32.2. The Balaban J connectivity index is 2.14. The van der Waals surface area contributed by atoms with Crippen LogP contribution in [0.4, 0.5) is 5.69 Å². The summed E-state index contributed by atoms with van der Waals surface area (Å²) in [5.41, 5.74) is 0.915. The average Bonchev–Trinajstić information content (AvgIpc) is 2.75. The number of methoxy groups -OCH3 is 1. The van der Waals surface area contributed by atoms with E-state index in [0.717, 1.165) is 20.4 Å². The molecule has 2 aromatic carbocycles. The van der Waals surface area contributed by atoms with Gasteiger partial charge >= 0.3 is 0 Å². The van der Waals surface area contributed by atoms with E-state index in [1.807, 2.05) is 13.8 Å².